The Hall–Kier alpha value is -3.34. The van der Waals surface area contributed by atoms with Gasteiger partial charge in [0.15, 0.2) is 17.2 Å². The van der Waals surface area contributed by atoms with Crippen molar-refractivity contribution in [1.29, 1.82) is 0 Å². The Labute approximate surface area is 175 Å². The van der Waals surface area contributed by atoms with Crippen LogP contribution in [0.1, 0.15) is 12.6 Å². The molecule has 1 N–H and O–H groups in total. The summed E-state index contributed by atoms with van der Waals surface area (Å²) in [4.78, 5) is 23.0. The van der Waals surface area contributed by atoms with Crippen LogP contribution in [0.15, 0.2) is 47.5 Å². The highest BCUT2D eigenvalue weighted by Gasteiger charge is 2.34. The average molecular weight is 428 g/mol. The number of rotatable bonds is 3. The summed E-state index contributed by atoms with van der Waals surface area (Å²) in [5, 5.41) is 3.53. The minimum Gasteiger partial charge on any atom is -0.351 e. The standard InChI is InChI=1S/C20H19F3N8/c1-12-18(13-2-4-24-8-13)25-6-7-30(12)16-3-5-26-19(29-16)14-9-28-17-10-27-15(11-31(14)17)20(21,22)23/h2-3,5,8-12,18,25H,4,6-7H2,1H3. The Bertz CT molecular complexity index is 1180. The largest absolute Gasteiger partial charge is 0.434 e. The molecule has 3 aromatic heterocycles. The van der Waals surface area contributed by atoms with Gasteiger partial charge >= 0.3 is 6.18 Å². The number of hydrogen-bond donors (Lipinski definition) is 1. The van der Waals surface area contributed by atoms with Gasteiger partial charge in [-0.25, -0.2) is 19.9 Å². The third kappa shape index (κ3) is 3.54. The molecule has 0 bridgehead atoms. The topological polar surface area (TPSA) is 83.6 Å². The third-order valence-electron chi connectivity index (χ3n) is 5.57. The van der Waals surface area contributed by atoms with Gasteiger partial charge in [-0.3, -0.25) is 9.39 Å². The molecule has 31 heavy (non-hydrogen) atoms. The highest BCUT2D eigenvalue weighted by Crippen LogP contribution is 2.29. The van der Waals surface area contributed by atoms with Crippen molar-refractivity contribution in [2.45, 2.75) is 25.2 Å². The molecular weight excluding hydrogens is 409 g/mol. The SMILES string of the molecule is CC1C(C2=CCN=C2)NCCN1c1ccnc(-c2cnc3cnc(C(F)(F)F)cn23)n1. The monoisotopic (exact) mass is 428 g/mol. The van der Waals surface area contributed by atoms with Crippen molar-refractivity contribution in [3.63, 3.8) is 0 Å². The second-order valence-corrected chi connectivity index (χ2v) is 7.44. The van der Waals surface area contributed by atoms with Crippen LogP contribution in [0.2, 0.25) is 0 Å². The Morgan fingerprint density at radius 3 is 2.81 bits per heavy atom. The van der Waals surface area contributed by atoms with Crippen LogP contribution in [0.4, 0.5) is 19.0 Å². The fraction of sp³-hybridized carbons (Fsp3) is 0.350. The second kappa shape index (κ2) is 7.41. The summed E-state index contributed by atoms with van der Waals surface area (Å²) < 4.78 is 40.7. The van der Waals surface area contributed by atoms with E-state index in [2.05, 4.69) is 48.1 Å². The van der Waals surface area contributed by atoms with Gasteiger partial charge in [0.2, 0.25) is 0 Å². The van der Waals surface area contributed by atoms with Crippen molar-refractivity contribution in [2.75, 3.05) is 24.5 Å². The minimum absolute atomic E-state index is 0.107. The molecule has 160 valence electrons. The molecule has 1 saturated heterocycles. The van der Waals surface area contributed by atoms with Gasteiger partial charge < -0.3 is 10.2 Å². The summed E-state index contributed by atoms with van der Waals surface area (Å²) in [6, 6.07) is 2.04. The zero-order valence-electron chi connectivity index (χ0n) is 16.6. The van der Waals surface area contributed by atoms with E-state index in [0.717, 1.165) is 31.1 Å². The smallest absolute Gasteiger partial charge is 0.351 e. The van der Waals surface area contributed by atoms with E-state index in [1.165, 1.54) is 10.6 Å². The quantitative estimate of drug-likeness (QED) is 0.690. The molecule has 0 radical (unpaired) electrons. The van der Waals surface area contributed by atoms with Crippen LogP contribution in [-0.2, 0) is 6.18 Å². The number of hydrogen-bond acceptors (Lipinski definition) is 7. The van der Waals surface area contributed by atoms with Crippen molar-refractivity contribution in [2.24, 2.45) is 4.99 Å². The lowest BCUT2D eigenvalue weighted by Gasteiger charge is -2.41. The molecule has 2 aliphatic rings. The van der Waals surface area contributed by atoms with Crippen LogP contribution in [0, 0.1) is 0 Å². The number of anilines is 1. The van der Waals surface area contributed by atoms with Crippen molar-refractivity contribution in [1.82, 2.24) is 29.7 Å². The number of halogens is 3. The molecule has 11 heteroatoms. The van der Waals surface area contributed by atoms with E-state index in [9.17, 15) is 13.2 Å². The summed E-state index contributed by atoms with van der Waals surface area (Å²) in [5.74, 6) is 1.01. The van der Waals surface area contributed by atoms with Crippen LogP contribution in [-0.4, -0.2) is 62.3 Å². The van der Waals surface area contributed by atoms with Gasteiger partial charge in [0.1, 0.15) is 11.5 Å². The molecule has 8 nitrogen and oxygen atoms in total. The zero-order valence-corrected chi connectivity index (χ0v) is 16.6. The molecule has 2 aliphatic heterocycles. The van der Waals surface area contributed by atoms with E-state index in [0.29, 0.717) is 29.5 Å². The first-order valence-corrected chi connectivity index (χ1v) is 9.85. The van der Waals surface area contributed by atoms with Crippen LogP contribution >= 0.6 is 0 Å². The molecule has 2 unspecified atom stereocenters. The first-order valence-electron chi connectivity index (χ1n) is 9.85. The van der Waals surface area contributed by atoms with E-state index in [1.807, 2.05) is 12.3 Å². The molecule has 0 amide bonds. The van der Waals surface area contributed by atoms with E-state index in [4.69, 9.17) is 0 Å². The summed E-state index contributed by atoms with van der Waals surface area (Å²) in [6.45, 7) is 4.33. The van der Waals surface area contributed by atoms with Crippen LogP contribution in [0.5, 0.6) is 0 Å². The number of aromatic nitrogens is 5. The minimum atomic E-state index is -4.55. The number of imidazole rings is 1. The van der Waals surface area contributed by atoms with Crippen LogP contribution in [0.3, 0.4) is 0 Å². The highest BCUT2D eigenvalue weighted by atomic mass is 19.4. The predicted octanol–water partition coefficient (Wildman–Crippen LogP) is 2.38. The van der Waals surface area contributed by atoms with Gasteiger partial charge in [-0.15, -0.1) is 0 Å². The van der Waals surface area contributed by atoms with Gasteiger partial charge in [0.05, 0.1) is 25.0 Å². The third-order valence-corrected chi connectivity index (χ3v) is 5.57. The maximum absolute atomic E-state index is 13.1. The van der Waals surface area contributed by atoms with Gasteiger partial charge in [0.25, 0.3) is 0 Å². The lowest BCUT2D eigenvalue weighted by molar-refractivity contribution is -0.141. The number of aliphatic imine (C=N–C) groups is 1. The Balaban J connectivity index is 1.50. The van der Waals surface area contributed by atoms with Crippen molar-refractivity contribution in [3.8, 4) is 11.5 Å². The number of alkyl halides is 3. The normalized spacial score (nSPS) is 21.7. The second-order valence-electron chi connectivity index (χ2n) is 7.44. The fourth-order valence-corrected chi connectivity index (χ4v) is 4.02. The first kappa shape index (κ1) is 19.6. The van der Waals surface area contributed by atoms with E-state index in [1.54, 1.807) is 6.20 Å². The van der Waals surface area contributed by atoms with Crippen molar-refractivity contribution < 1.29 is 13.2 Å². The molecule has 3 aromatic rings. The average Bonchev–Trinajstić information content (AvgIpc) is 3.43. The van der Waals surface area contributed by atoms with E-state index >= 15 is 0 Å². The summed E-state index contributed by atoms with van der Waals surface area (Å²) >= 11 is 0. The molecule has 0 saturated carbocycles. The highest BCUT2D eigenvalue weighted by molar-refractivity contribution is 5.83. The predicted molar refractivity (Wildman–Crippen MR) is 109 cm³/mol. The first-order chi connectivity index (χ1) is 14.9. The Morgan fingerprint density at radius 1 is 1.16 bits per heavy atom. The van der Waals surface area contributed by atoms with Gasteiger partial charge in [0, 0.05) is 37.7 Å². The Morgan fingerprint density at radius 2 is 2.03 bits per heavy atom. The number of piperazine rings is 1. The summed E-state index contributed by atoms with van der Waals surface area (Å²) in [6.07, 6.45) is 4.53. The van der Waals surface area contributed by atoms with Crippen molar-refractivity contribution in [3.05, 3.63) is 48.2 Å². The molecule has 2 atom stereocenters. The van der Waals surface area contributed by atoms with Gasteiger partial charge in [-0.05, 0) is 18.6 Å². The number of fused-ring (bicyclic) bond motifs is 1. The summed E-state index contributed by atoms with van der Waals surface area (Å²) in [5.41, 5.74) is 0.815. The van der Waals surface area contributed by atoms with Crippen LogP contribution < -0.4 is 10.2 Å². The van der Waals surface area contributed by atoms with E-state index in [-0.39, 0.29) is 12.1 Å². The lowest BCUT2D eigenvalue weighted by atomic mass is 9.98. The van der Waals surface area contributed by atoms with E-state index < -0.39 is 11.9 Å². The van der Waals surface area contributed by atoms with Gasteiger partial charge in [-0.2, -0.15) is 13.2 Å². The maximum atomic E-state index is 13.1. The fourth-order valence-electron chi connectivity index (χ4n) is 4.02. The number of nitrogens with one attached hydrogen (secondary N) is 1. The summed E-state index contributed by atoms with van der Waals surface area (Å²) in [7, 11) is 0. The lowest BCUT2D eigenvalue weighted by Crippen LogP contribution is -2.57. The Kier molecular flexibility index (Phi) is 4.69. The molecule has 5 heterocycles. The molecule has 5 rings (SSSR count). The maximum Gasteiger partial charge on any atom is 0.434 e. The van der Waals surface area contributed by atoms with Gasteiger partial charge in [-0.1, -0.05) is 6.08 Å². The van der Waals surface area contributed by atoms with Crippen LogP contribution in [0.25, 0.3) is 17.2 Å². The molecule has 0 aliphatic carbocycles. The van der Waals surface area contributed by atoms with Crippen molar-refractivity contribution >= 4 is 17.7 Å². The molecule has 0 aromatic carbocycles. The number of nitrogens with zero attached hydrogens (tertiary/aromatic N) is 7. The molecule has 0 spiro atoms. The molecule has 1 fully saturated rings. The molecular formula is C20H19F3N8. The zero-order chi connectivity index (χ0) is 21.6.